The van der Waals surface area contributed by atoms with Gasteiger partial charge in [0.2, 0.25) is 0 Å². The van der Waals surface area contributed by atoms with Crippen molar-refractivity contribution in [1.82, 2.24) is 0 Å². The number of nitrogens with two attached hydrogens (primary N) is 1. The highest BCUT2D eigenvalue weighted by atomic mass is 16.5. The van der Waals surface area contributed by atoms with E-state index in [1.165, 1.54) is 25.7 Å². The van der Waals surface area contributed by atoms with Crippen LogP contribution in [-0.2, 0) is 0 Å². The molecule has 1 aromatic carbocycles. The number of hydrogen-bond donors (Lipinski definition) is 1. The zero-order chi connectivity index (χ0) is 12.1. The Labute approximate surface area is 103 Å². The van der Waals surface area contributed by atoms with Crippen molar-refractivity contribution in [3.63, 3.8) is 0 Å². The second kappa shape index (κ2) is 5.41. The van der Waals surface area contributed by atoms with Gasteiger partial charge in [-0.3, -0.25) is 0 Å². The first kappa shape index (κ1) is 12.2. The van der Waals surface area contributed by atoms with Gasteiger partial charge in [0.25, 0.3) is 0 Å². The van der Waals surface area contributed by atoms with Crippen LogP contribution in [0.4, 0.5) is 0 Å². The molecule has 2 rings (SSSR count). The molecule has 0 radical (unpaired) electrons. The lowest BCUT2D eigenvalue weighted by molar-refractivity contribution is 0.156. The summed E-state index contributed by atoms with van der Waals surface area (Å²) in [4.78, 5) is 0. The van der Waals surface area contributed by atoms with Crippen molar-refractivity contribution in [2.75, 3.05) is 20.3 Å². The Kier molecular flexibility index (Phi) is 3.89. The highest BCUT2D eigenvalue weighted by Gasteiger charge is 2.33. The number of methoxy groups -OCH3 is 1. The molecule has 94 valence electrons. The van der Waals surface area contributed by atoms with Gasteiger partial charge in [0, 0.05) is 18.0 Å². The van der Waals surface area contributed by atoms with E-state index < -0.39 is 0 Å². The molecule has 1 aliphatic carbocycles. The summed E-state index contributed by atoms with van der Waals surface area (Å²) in [5.74, 6) is 1.69. The van der Waals surface area contributed by atoms with Gasteiger partial charge in [0.05, 0.1) is 13.7 Å². The van der Waals surface area contributed by atoms with Crippen molar-refractivity contribution >= 4 is 0 Å². The fourth-order valence-corrected chi connectivity index (χ4v) is 2.46. The molecule has 0 unspecified atom stereocenters. The third-order valence-corrected chi connectivity index (χ3v) is 3.68. The third-order valence-electron chi connectivity index (χ3n) is 3.68. The molecule has 0 atom stereocenters. The van der Waals surface area contributed by atoms with Gasteiger partial charge < -0.3 is 15.2 Å². The number of hydrogen-bond acceptors (Lipinski definition) is 3. The molecule has 0 bridgehead atoms. The maximum Gasteiger partial charge on any atom is 0.123 e. The smallest absolute Gasteiger partial charge is 0.123 e. The number of rotatable bonds is 5. The van der Waals surface area contributed by atoms with Crippen molar-refractivity contribution in [2.24, 2.45) is 11.1 Å². The van der Waals surface area contributed by atoms with Crippen LogP contribution in [0.15, 0.2) is 24.3 Å². The van der Waals surface area contributed by atoms with E-state index in [0.717, 1.165) is 24.7 Å². The Bertz CT molecular complexity index is 359. The lowest BCUT2D eigenvalue weighted by Crippen LogP contribution is -2.33. The first-order chi connectivity index (χ1) is 8.28. The maximum atomic E-state index is 5.88. The molecule has 0 heterocycles. The Morgan fingerprint density at radius 3 is 2.59 bits per heavy atom. The maximum absolute atomic E-state index is 5.88. The summed E-state index contributed by atoms with van der Waals surface area (Å²) in [6.07, 6.45) is 4.93. The van der Waals surface area contributed by atoms with Crippen LogP contribution in [0, 0.1) is 5.41 Å². The highest BCUT2D eigenvalue weighted by molar-refractivity contribution is 5.32. The van der Waals surface area contributed by atoms with Crippen LogP contribution in [0.3, 0.4) is 0 Å². The normalized spacial score (nSPS) is 18.0. The summed E-state index contributed by atoms with van der Waals surface area (Å²) in [5, 5.41) is 0. The fraction of sp³-hybridized carbons (Fsp3) is 0.571. The van der Waals surface area contributed by atoms with E-state index in [2.05, 4.69) is 0 Å². The molecule has 1 saturated carbocycles. The highest BCUT2D eigenvalue weighted by Crippen LogP contribution is 2.37. The predicted molar refractivity (Wildman–Crippen MR) is 68.4 cm³/mol. The molecule has 17 heavy (non-hydrogen) atoms. The van der Waals surface area contributed by atoms with Crippen LogP contribution in [0.25, 0.3) is 0 Å². The first-order valence-corrected chi connectivity index (χ1v) is 6.25. The Balaban J connectivity index is 1.96. The van der Waals surface area contributed by atoms with Gasteiger partial charge in [-0.05, 0) is 25.0 Å². The van der Waals surface area contributed by atoms with Crippen molar-refractivity contribution in [3.8, 4) is 11.5 Å². The van der Waals surface area contributed by atoms with Gasteiger partial charge in [-0.1, -0.05) is 18.9 Å². The predicted octanol–water partition coefficient (Wildman–Crippen LogP) is 2.59. The van der Waals surface area contributed by atoms with Crippen LogP contribution in [0.5, 0.6) is 11.5 Å². The molecule has 1 fully saturated rings. The van der Waals surface area contributed by atoms with Crippen LogP contribution in [0.1, 0.15) is 25.7 Å². The average Bonchev–Trinajstić information content (AvgIpc) is 2.86. The van der Waals surface area contributed by atoms with Crippen LogP contribution >= 0.6 is 0 Å². The van der Waals surface area contributed by atoms with Gasteiger partial charge in [-0.25, -0.2) is 0 Å². The zero-order valence-electron chi connectivity index (χ0n) is 10.4. The average molecular weight is 235 g/mol. The SMILES string of the molecule is COc1cccc(OCC2(CN)CCCC2)c1. The van der Waals surface area contributed by atoms with Gasteiger partial charge >= 0.3 is 0 Å². The van der Waals surface area contributed by atoms with Gasteiger partial charge in [0.1, 0.15) is 11.5 Å². The van der Waals surface area contributed by atoms with Crippen LogP contribution in [0.2, 0.25) is 0 Å². The van der Waals surface area contributed by atoms with Gasteiger partial charge in [-0.15, -0.1) is 0 Å². The minimum Gasteiger partial charge on any atom is -0.497 e. The van der Waals surface area contributed by atoms with Crippen molar-refractivity contribution in [3.05, 3.63) is 24.3 Å². The third kappa shape index (κ3) is 2.91. The molecular formula is C14H21NO2. The summed E-state index contributed by atoms with van der Waals surface area (Å²) in [5.41, 5.74) is 6.08. The summed E-state index contributed by atoms with van der Waals surface area (Å²) in [6.45, 7) is 1.44. The van der Waals surface area contributed by atoms with E-state index in [0.29, 0.717) is 0 Å². The molecule has 3 nitrogen and oxygen atoms in total. The Hall–Kier alpha value is -1.22. The van der Waals surface area contributed by atoms with E-state index in [9.17, 15) is 0 Å². The quantitative estimate of drug-likeness (QED) is 0.853. The molecular weight excluding hydrogens is 214 g/mol. The molecule has 3 heteroatoms. The second-order valence-corrected chi connectivity index (χ2v) is 4.88. The van der Waals surface area contributed by atoms with E-state index in [1.807, 2.05) is 24.3 Å². The van der Waals surface area contributed by atoms with E-state index >= 15 is 0 Å². The molecule has 1 aliphatic rings. The number of ether oxygens (including phenoxy) is 2. The van der Waals surface area contributed by atoms with Gasteiger partial charge in [-0.2, -0.15) is 0 Å². The molecule has 1 aromatic rings. The van der Waals surface area contributed by atoms with Crippen molar-refractivity contribution in [2.45, 2.75) is 25.7 Å². The van der Waals surface area contributed by atoms with E-state index in [4.69, 9.17) is 15.2 Å². The molecule has 0 amide bonds. The molecule has 2 N–H and O–H groups in total. The lowest BCUT2D eigenvalue weighted by atomic mass is 9.87. The standard InChI is InChI=1S/C14H21NO2/c1-16-12-5-4-6-13(9-12)17-11-14(10-15)7-2-3-8-14/h4-6,9H,2-3,7-8,10-11,15H2,1H3. The molecule has 0 aliphatic heterocycles. The van der Waals surface area contributed by atoms with E-state index in [-0.39, 0.29) is 5.41 Å². The summed E-state index contributed by atoms with van der Waals surface area (Å²) >= 11 is 0. The van der Waals surface area contributed by atoms with Crippen LogP contribution in [-0.4, -0.2) is 20.3 Å². The minimum atomic E-state index is 0.197. The fourth-order valence-electron chi connectivity index (χ4n) is 2.46. The molecule has 0 aromatic heterocycles. The van der Waals surface area contributed by atoms with Crippen molar-refractivity contribution < 1.29 is 9.47 Å². The topological polar surface area (TPSA) is 44.5 Å². The lowest BCUT2D eigenvalue weighted by Gasteiger charge is -2.27. The summed E-state index contributed by atoms with van der Waals surface area (Å²) in [7, 11) is 1.66. The van der Waals surface area contributed by atoms with Gasteiger partial charge in [0.15, 0.2) is 0 Å². The zero-order valence-corrected chi connectivity index (χ0v) is 10.4. The minimum absolute atomic E-state index is 0.197. The van der Waals surface area contributed by atoms with Crippen molar-refractivity contribution in [1.29, 1.82) is 0 Å². The second-order valence-electron chi connectivity index (χ2n) is 4.88. The molecule has 0 saturated heterocycles. The first-order valence-electron chi connectivity index (χ1n) is 6.25. The summed E-state index contributed by atoms with van der Waals surface area (Å²) in [6, 6.07) is 7.74. The Morgan fingerprint density at radius 2 is 1.94 bits per heavy atom. The molecule has 0 spiro atoms. The monoisotopic (exact) mass is 235 g/mol. The van der Waals surface area contributed by atoms with Crippen LogP contribution < -0.4 is 15.2 Å². The largest absolute Gasteiger partial charge is 0.497 e. The number of benzene rings is 1. The summed E-state index contributed by atoms with van der Waals surface area (Å²) < 4.78 is 11.0. The van der Waals surface area contributed by atoms with E-state index in [1.54, 1.807) is 7.11 Å². The Morgan fingerprint density at radius 1 is 1.24 bits per heavy atom.